The van der Waals surface area contributed by atoms with Crippen molar-refractivity contribution in [3.63, 3.8) is 0 Å². The Kier molecular flexibility index (Phi) is 1.92. The van der Waals surface area contributed by atoms with E-state index in [2.05, 4.69) is 9.24 Å². The molecule has 1 atom stereocenters. The van der Waals surface area contributed by atoms with Crippen molar-refractivity contribution in [3.05, 3.63) is 0 Å². The molecule has 0 spiro atoms. The van der Waals surface area contributed by atoms with Crippen molar-refractivity contribution in [1.29, 1.82) is 0 Å². The lowest BCUT2D eigenvalue weighted by molar-refractivity contribution is -0.130. The molecule has 1 aliphatic carbocycles. The van der Waals surface area contributed by atoms with E-state index in [9.17, 15) is 9.18 Å². The van der Waals surface area contributed by atoms with Gasteiger partial charge in [0.2, 0.25) is 5.91 Å². The highest BCUT2D eigenvalue weighted by Crippen LogP contribution is 2.45. The molecule has 1 aliphatic rings. The molecular weight excluding hydrogens is 154 g/mol. The van der Waals surface area contributed by atoms with Crippen LogP contribution < -0.4 is 11.3 Å². The number of hydrazine groups is 1. The van der Waals surface area contributed by atoms with E-state index in [0.29, 0.717) is 0 Å². The first-order valence-corrected chi connectivity index (χ1v) is 3.61. The third kappa shape index (κ3) is 1.44. The summed E-state index contributed by atoms with van der Waals surface area (Å²) in [4.78, 5) is 10.7. The van der Waals surface area contributed by atoms with Crippen molar-refractivity contribution >= 4 is 15.1 Å². The molecule has 3 nitrogen and oxygen atoms in total. The molecule has 0 bridgehead atoms. The molecule has 0 aromatic carbocycles. The van der Waals surface area contributed by atoms with Gasteiger partial charge in [-0.3, -0.25) is 10.2 Å². The van der Waals surface area contributed by atoms with E-state index in [0.717, 1.165) is 0 Å². The molecule has 1 unspecified atom stereocenters. The minimum absolute atomic E-state index is 0.229. The van der Waals surface area contributed by atoms with Crippen LogP contribution in [-0.2, 0) is 4.79 Å². The van der Waals surface area contributed by atoms with Crippen LogP contribution in [0.2, 0.25) is 0 Å². The van der Waals surface area contributed by atoms with Crippen LogP contribution in [0.25, 0.3) is 0 Å². The SMILES string of the molecule is NNC(=O)C1CC(F)(P)C1. The second kappa shape index (κ2) is 2.44. The maximum Gasteiger partial charge on any atom is 0.237 e. The Morgan fingerprint density at radius 2 is 2.30 bits per heavy atom. The van der Waals surface area contributed by atoms with Gasteiger partial charge in [-0.25, -0.2) is 10.2 Å². The van der Waals surface area contributed by atoms with Crippen molar-refractivity contribution < 1.29 is 9.18 Å². The molecule has 0 aromatic heterocycles. The van der Waals surface area contributed by atoms with Crippen molar-refractivity contribution in [2.45, 2.75) is 18.3 Å². The number of nitrogens with one attached hydrogen (secondary N) is 1. The second-order valence-corrected chi connectivity index (χ2v) is 3.68. The van der Waals surface area contributed by atoms with Gasteiger partial charge in [0, 0.05) is 5.92 Å². The average molecular weight is 164 g/mol. The maximum absolute atomic E-state index is 12.7. The van der Waals surface area contributed by atoms with Crippen LogP contribution in [0, 0.1) is 5.92 Å². The first-order chi connectivity index (χ1) is 4.55. The minimum atomic E-state index is -1.23. The summed E-state index contributed by atoms with van der Waals surface area (Å²) >= 11 is 0. The van der Waals surface area contributed by atoms with E-state index in [1.165, 1.54) is 0 Å². The molecule has 0 aliphatic heterocycles. The first kappa shape index (κ1) is 7.89. The Morgan fingerprint density at radius 3 is 2.60 bits per heavy atom. The van der Waals surface area contributed by atoms with Crippen LogP contribution in [0.1, 0.15) is 12.8 Å². The lowest BCUT2D eigenvalue weighted by atomic mass is 9.82. The van der Waals surface area contributed by atoms with Crippen molar-refractivity contribution in [1.82, 2.24) is 5.43 Å². The third-order valence-corrected chi connectivity index (χ3v) is 2.16. The van der Waals surface area contributed by atoms with E-state index in [4.69, 9.17) is 5.84 Å². The van der Waals surface area contributed by atoms with Gasteiger partial charge in [0.1, 0.15) is 5.41 Å². The fourth-order valence-electron chi connectivity index (χ4n) is 1.06. The molecule has 1 fully saturated rings. The number of hydrogen-bond donors (Lipinski definition) is 2. The summed E-state index contributed by atoms with van der Waals surface area (Å²) in [7, 11) is 2.08. The number of halogens is 1. The monoisotopic (exact) mass is 164 g/mol. The molecule has 0 saturated heterocycles. The maximum atomic E-state index is 12.7. The number of alkyl halides is 1. The van der Waals surface area contributed by atoms with Crippen LogP contribution in [0.4, 0.5) is 4.39 Å². The largest absolute Gasteiger partial charge is 0.294 e. The molecule has 0 radical (unpaired) electrons. The number of carbonyl (C=O) groups is 1. The van der Waals surface area contributed by atoms with Crippen molar-refractivity contribution in [2.24, 2.45) is 11.8 Å². The molecule has 0 aromatic rings. The molecule has 3 N–H and O–H groups in total. The van der Waals surface area contributed by atoms with E-state index in [1.807, 2.05) is 5.43 Å². The summed E-state index contributed by atoms with van der Waals surface area (Å²) in [6.07, 6.45) is 0.529. The van der Waals surface area contributed by atoms with Crippen molar-refractivity contribution in [3.8, 4) is 0 Å². The van der Waals surface area contributed by atoms with Gasteiger partial charge in [0.25, 0.3) is 0 Å². The third-order valence-electron chi connectivity index (χ3n) is 1.68. The predicted molar refractivity (Wildman–Crippen MR) is 38.6 cm³/mol. The number of hydrogen-bond acceptors (Lipinski definition) is 2. The summed E-state index contributed by atoms with van der Waals surface area (Å²) in [6.45, 7) is 0. The van der Waals surface area contributed by atoms with E-state index < -0.39 is 5.41 Å². The van der Waals surface area contributed by atoms with Crippen LogP contribution in [0.3, 0.4) is 0 Å². The van der Waals surface area contributed by atoms with Gasteiger partial charge in [-0.05, 0) is 12.8 Å². The summed E-state index contributed by atoms with van der Waals surface area (Å²) in [5.74, 6) is 4.35. The Labute approximate surface area is 60.7 Å². The highest BCUT2D eigenvalue weighted by molar-refractivity contribution is 7.18. The molecule has 1 saturated carbocycles. The fraction of sp³-hybridized carbons (Fsp3) is 0.800. The van der Waals surface area contributed by atoms with Gasteiger partial charge in [0.05, 0.1) is 0 Å². The Hall–Kier alpha value is -0.210. The van der Waals surface area contributed by atoms with Gasteiger partial charge in [0.15, 0.2) is 0 Å². The molecule has 10 heavy (non-hydrogen) atoms. The van der Waals surface area contributed by atoms with Crippen LogP contribution in [-0.4, -0.2) is 11.3 Å². The van der Waals surface area contributed by atoms with Gasteiger partial charge in [-0.1, -0.05) is 9.24 Å². The highest BCUT2D eigenvalue weighted by Gasteiger charge is 2.44. The predicted octanol–water partition coefficient (Wildman–Crippen LogP) is -0.0728. The number of amides is 1. The Morgan fingerprint density at radius 1 is 1.80 bits per heavy atom. The lowest BCUT2D eigenvalue weighted by Crippen LogP contribution is -2.46. The second-order valence-electron chi connectivity index (χ2n) is 2.65. The molecule has 58 valence electrons. The zero-order valence-corrected chi connectivity index (χ0v) is 6.59. The molecule has 1 rings (SSSR count). The summed E-state index contributed by atoms with van der Waals surface area (Å²) in [5, 5.41) is -1.23. The van der Waals surface area contributed by atoms with Gasteiger partial charge in [-0.15, -0.1) is 0 Å². The number of nitrogens with two attached hydrogens (primary N) is 1. The van der Waals surface area contributed by atoms with Crippen LogP contribution >= 0.6 is 9.24 Å². The molecule has 5 heteroatoms. The molecule has 1 amide bonds. The number of rotatable bonds is 1. The first-order valence-electron chi connectivity index (χ1n) is 3.03. The van der Waals surface area contributed by atoms with E-state index >= 15 is 0 Å². The van der Waals surface area contributed by atoms with Gasteiger partial charge in [-0.2, -0.15) is 0 Å². The number of carbonyl (C=O) groups excluding carboxylic acids is 1. The smallest absolute Gasteiger partial charge is 0.237 e. The average Bonchev–Trinajstić information content (AvgIpc) is 1.81. The summed E-state index contributed by atoms with van der Waals surface area (Å²) < 4.78 is 12.7. The summed E-state index contributed by atoms with van der Waals surface area (Å²) in [5.41, 5.74) is 1.99. The normalized spacial score (nSPS) is 38.5. The fourth-order valence-corrected chi connectivity index (χ4v) is 1.63. The molecule has 0 heterocycles. The zero-order chi connectivity index (χ0) is 7.78. The molecular formula is C5H10FN2OP. The summed E-state index contributed by atoms with van der Waals surface area (Å²) in [6, 6.07) is 0. The standard InChI is InChI=1S/C5H10FN2OP/c6-5(10)1-3(2-5)4(9)8-7/h3H,1-2,7,10H2,(H,8,9). The minimum Gasteiger partial charge on any atom is -0.294 e. The van der Waals surface area contributed by atoms with Gasteiger partial charge < -0.3 is 0 Å². The van der Waals surface area contributed by atoms with Crippen LogP contribution in [0.15, 0.2) is 0 Å². The topological polar surface area (TPSA) is 55.1 Å². The van der Waals surface area contributed by atoms with E-state index in [1.54, 1.807) is 0 Å². The lowest BCUT2D eigenvalue weighted by Gasteiger charge is -2.36. The van der Waals surface area contributed by atoms with E-state index in [-0.39, 0.29) is 24.7 Å². The van der Waals surface area contributed by atoms with Crippen molar-refractivity contribution in [2.75, 3.05) is 0 Å². The van der Waals surface area contributed by atoms with Gasteiger partial charge >= 0.3 is 0 Å². The highest BCUT2D eigenvalue weighted by atomic mass is 31.0. The Bertz CT molecular complexity index is 154. The zero-order valence-electron chi connectivity index (χ0n) is 5.43. The van der Waals surface area contributed by atoms with Crippen LogP contribution in [0.5, 0.6) is 0 Å². The quantitative estimate of drug-likeness (QED) is 0.246. The Balaban J connectivity index is 2.33.